The lowest BCUT2D eigenvalue weighted by Gasteiger charge is -2.34. The zero-order chi connectivity index (χ0) is 17.1. The monoisotopic (exact) mass is 338 g/mol. The van der Waals surface area contributed by atoms with Gasteiger partial charge in [0.1, 0.15) is 11.9 Å². The number of alkyl halides is 2. The molecule has 1 fully saturated rings. The number of aromatic amines is 1. The van der Waals surface area contributed by atoms with Gasteiger partial charge in [-0.05, 0) is 24.6 Å². The Balaban J connectivity index is 1.62. The van der Waals surface area contributed by atoms with Crippen molar-refractivity contribution >= 4 is 16.9 Å². The number of rotatable bonds is 5. The van der Waals surface area contributed by atoms with Gasteiger partial charge in [0.15, 0.2) is 0 Å². The first kappa shape index (κ1) is 16.8. The third-order valence-corrected chi connectivity index (χ3v) is 4.03. The molecule has 1 aromatic carbocycles. The standard InChI is InChI=1S/C16H20F2N4O2/c1-10-2-3-11-12(6-10)21-15(20-11)7-19-16(23)13-9-24-5-4-22(13)8-14(17)18/h2-3,6,13-14H,4-5,7-9H2,1H3,(H,19,23)(H,20,21)/t13-/m0/s1. The lowest BCUT2D eigenvalue weighted by Crippen LogP contribution is -2.54. The summed E-state index contributed by atoms with van der Waals surface area (Å²) in [7, 11) is 0. The highest BCUT2D eigenvalue weighted by atomic mass is 19.3. The molecule has 0 bridgehead atoms. The second kappa shape index (κ2) is 7.23. The highest BCUT2D eigenvalue weighted by Gasteiger charge is 2.31. The molecule has 1 aliphatic rings. The average molecular weight is 338 g/mol. The zero-order valence-electron chi connectivity index (χ0n) is 13.4. The highest BCUT2D eigenvalue weighted by molar-refractivity contribution is 5.82. The molecule has 0 unspecified atom stereocenters. The Morgan fingerprint density at radius 2 is 2.38 bits per heavy atom. The van der Waals surface area contributed by atoms with Gasteiger partial charge in [0.2, 0.25) is 5.91 Å². The summed E-state index contributed by atoms with van der Waals surface area (Å²) in [5, 5.41) is 2.75. The van der Waals surface area contributed by atoms with E-state index in [9.17, 15) is 13.6 Å². The van der Waals surface area contributed by atoms with Gasteiger partial charge < -0.3 is 15.0 Å². The summed E-state index contributed by atoms with van der Waals surface area (Å²) < 4.78 is 30.5. The number of hydrogen-bond acceptors (Lipinski definition) is 4. The Bertz CT molecular complexity index is 719. The molecule has 1 aliphatic heterocycles. The number of fused-ring (bicyclic) bond motifs is 1. The molecule has 24 heavy (non-hydrogen) atoms. The number of nitrogens with one attached hydrogen (secondary N) is 2. The van der Waals surface area contributed by atoms with E-state index in [-0.39, 0.29) is 19.1 Å². The van der Waals surface area contributed by atoms with Gasteiger partial charge in [0, 0.05) is 6.54 Å². The summed E-state index contributed by atoms with van der Waals surface area (Å²) in [6.45, 7) is 2.59. The van der Waals surface area contributed by atoms with Crippen molar-refractivity contribution in [3.63, 3.8) is 0 Å². The number of carbonyl (C=O) groups is 1. The van der Waals surface area contributed by atoms with Gasteiger partial charge in [0.25, 0.3) is 6.43 Å². The molecule has 1 amide bonds. The normalized spacial score (nSPS) is 19.1. The molecule has 130 valence electrons. The van der Waals surface area contributed by atoms with E-state index in [4.69, 9.17) is 4.74 Å². The van der Waals surface area contributed by atoms with Crippen LogP contribution < -0.4 is 5.32 Å². The van der Waals surface area contributed by atoms with Crippen molar-refractivity contribution in [3.8, 4) is 0 Å². The maximum atomic E-state index is 12.6. The largest absolute Gasteiger partial charge is 0.378 e. The van der Waals surface area contributed by atoms with Crippen LogP contribution in [0.3, 0.4) is 0 Å². The summed E-state index contributed by atoms with van der Waals surface area (Å²) in [5.74, 6) is 0.299. The quantitative estimate of drug-likeness (QED) is 0.866. The summed E-state index contributed by atoms with van der Waals surface area (Å²) >= 11 is 0. The number of imidazole rings is 1. The van der Waals surface area contributed by atoms with E-state index in [0.717, 1.165) is 16.6 Å². The third-order valence-electron chi connectivity index (χ3n) is 4.03. The van der Waals surface area contributed by atoms with Crippen LogP contribution in [-0.2, 0) is 16.1 Å². The van der Waals surface area contributed by atoms with E-state index in [1.165, 1.54) is 4.90 Å². The molecule has 8 heteroatoms. The minimum absolute atomic E-state index is 0.123. The SMILES string of the molecule is Cc1ccc2nc(CNC(=O)[C@@H]3COCCN3CC(F)F)[nH]c2c1. The number of ether oxygens (including phenoxy) is 1. The Morgan fingerprint density at radius 1 is 1.54 bits per heavy atom. The first-order valence-corrected chi connectivity index (χ1v) is 7.86. The summed E-state index contributed by atoms with van der Waals surface area (Å²) in [5.41, 5.74) is 2.84. The molecule has 0 saturated carbocycles. The van der Waals surface area contributed by atoms with Gasteiger partial charge >= 0.3 is 0 Å². The maximum absolute atomic E-state index is 12.6. The van der Waals surface area contributed by atoms with Crippen LogP contribution in [0.5, 0.6) is 0 Å². The number of amides is 1. The van der Waals surface area contributed by atoms with Crippen LogP contribution in [0.25, 0.3) is 11.0 Å². The molecule has 1 saturated heterocycles. The van der Waals surface area contributed by atoms with Gasteiger partial charge in [-0.2, -0.15) is 0 Å². The molecule has 6 nitrogen and oxygen atoms in total. The van der Waals surface area contributed by atoms with Crippen LogP contribution in [0.1, 0.15) is 11.4 Å². The minimum atomic E-state index is -2.47. The van der Waals surface area contributed by atoms with Crippen molar-refractivity contribution in [1.82, 2.24) is 20.2 Å². The van der Waals surface area contributed by atoms with Gasteiger partial charge in [-0.3, -0.25) is 9.69 Å². The van der Waals surface area contributed by atoms with Crippen LogP contribution in [0.15, 0.2) is 18.2 Å². The molecular formula is C16H20F2N4O2. The molecule has 1 aromatic heterocycles. The second-order valence-electron chi connectivity index (χ2n) is 5.90. The number of benzene rings is 1. The predicted molar refractivity (Wildman–Crippen MR) is 84.9 cm³/mol. The fourth-order valence-electron chi connectivity index (χ4n) is 2.82. The van der Waals surface area contributed by atoms with Crippen LogP contribution in [0.4, 0.5) is 8.78 Å². The average Bonchev–Trinajstić information content (AvgIpc) is 2.94. The Kier molecular flexibility index (Phi) is 5.06. The molecule has 3 rings (SSSR count). The summed E-state index contributed by atoms with van der Waals surface area (Å²) in [6, 6.07) is 5.16. The van der Waals surface area contributed by atoms with Crippen LogP contribution in [-0.4, -0.2) is 59.5 Å². The van der Waals surface area contributed by atoms with Crippen LogP contribution in [0, 0.1) is 6.92 Å². The summed E-state index contributed by atoms with van der Waals surface area (Å²) in [6.07, 6.45) is -2.47. The number of halogens is 2. The molecule has 0 aliphatic carbocycles. The van der Waals surface area contributed by atoms with Crippen molar-refractivity contribution in [2.75, 3.05) is 26.3 Å². The maximum Gasteiger partial charge on any atom is 0.251 e. The number of nitrogens with zero attached hydrogens (tertiary/aromatic N) is 2. The highest BCUT2D eigenvalue weighted by Crippen LogP contribution is 2.14. The molecule has 2 aromatic rings. The first-order valence-electron chi connectivity index (χ1n) is 7.86. The number of aromatic nitrogens is 2. The van der Waals surface area contributed by atoms with Crippen molar-refractivity contribution < 1.29 is 18.3 Å². The topological polar surface area (TPSA) is 70.2 Å². The van der Waals surface area contributed by atoms with Gasteiger partial charge in [-0.1, -0.05) is 6.07 Å². The molecule has 0 spiro atoms. The molecule has 1 atom stereocenters. The van der Waals surface area contributed by atoms with E-state index in [1.54, 1.807) is 0 Å². The van der Waals surface area contributed by atoms with Crippen LogP contribution >= 0.6 is 0 Å². The van der Waals surface area contributed by atoms with Gasteiger partial charge in [0.05, 0.1) is 37.3 Å². The number of carbonyl (C=O) groups excluding carboxylic acids is 1. The van der Waals surface area contributed by atoms with E-state index in [1.807, 2.05) is 25.1 Å². The Hall–Kier alpha value is -2.06. The van der Waals surface area contributed by atoms with Crippen molar-refractivity contribution in [2.24, 2.45) is 0 Å². The van der Waals surface area contributed by atoms with E-state index >= 15 is 0 Å². The lowest BCUT2D eigenvalue weighted by atomic mass is 10.2. The molecule has 0 radical (unpaired) electrons. The van der Waals surface area contributed by atoms with Gasteiger partial charge in [-0.15, -0.1) is 0 Å². The first-order chi connectivity index (χ1) is 11.5. The number of H-pyrrole nitrogens is 1. The number of morpholine rings is 1. The third kappa shape index (κ3) is 3.88. The predicted octanol–water partition coefficient (Wildman–Crippen LogP) is 1.45. The minimum Gasteiger partial charge on any atom is -0.378 e. The number of aryl methyl sites for hydroxylation is 1. The second-order valence-corrected chi connectivity index (χ2v) is 5.90. The smallest absolute Gasteiger partial charge is 0.251 e. The van der Waals surface area contributed by atoms with E-state index in [2.05, 4.69) is 15.3 Å². The van der Waals surface area contributed by atoms with Crippen molar-refractivity contribution in [1.29, 1.82) is 0 Å². The van der Waals surface area contributed by atoms with Crippen LogP contribution in [0.2, 0.25) is 0 Å². The molecule has 2 heterocycles. The van der Waals surface area contributed by atoms with Crippen molar-refractivity contribution in [2.45, 2.75) is 25.9 Å². The lowest BCUT2D eigenvalue weighted by molar-refractivity contribution is -0.134. The van der Waals surface area contributed by atoms with E-state index < -0.39 is 19.0 Å². The van der Waals surface area contributed by atoms with Gasteiger partial charge in [-0.25, -0.2) is 13.8 Å². The fourth-order valence-corrected chi connectivity index (χ4v) is 2.82. The Labute approximate surface area is 138 Å². The number of hydrogen-bond donors (Lipinski definition) is 2. The van der Waals surface area contributed by atoms with E-state index in [0.29, 0.717) is 19.0 Å². The fraction of sp³-hybridized carbons (Fsp3) is 0.500. The van der Waals surface area contributed by atoms with Crippen molar-refractivity contribution in [3.05, 3.63) is 29.6 Å². The summed E-state index contributed by atoms with van der Waals surface area (Å²) in [4.78, 5) is 21.3. The molecule has 2 N–H and O–H groups in total. The Morgan fingerprint density at radius 3 is 3.17 bits per heavy atom. The molecular weight excluding hydrogens is 318 g/mol. The zero-order valence-corrected chi connectivity index (χ0v) is 13.4.